The summed E-state index contributed by atoms with van der Waals surface area (Å²) in [6.07, 6.45) is 1.65. The Balaban J connectivity index is 2.22. The van der Waals surface area contributed by atoms with Crippen molar-refractivity contribution in [2.45, 2.75) is 32.0 Å². The lowest BCUT2D eigenvalue weighted by molar-refractivity contribution is 0.0539. The van der Waals surface area contributed by atoms with E-state index in [1.54, 1.807) is 0 Å². The van der Waals surface area contributed by atoms with Gasteiger partial charge in [-0.15, -0.1) is 0 Å². The van der Waals surface area contributed by atoms with Gasteiger partial charge in [-0.1, -0.05) is 15.9 Å². The molecule has 0 aromatic rings. The van der Waals surface area contributed by atoms with Crippen molar-refractivity contribution in [3.8, 4) is 0 Å². The molecule has 0 radical (unpaired) electrons. The molecule has 0 aromatic carbocycles. The fourth-order valence-electron chi connectivity index (χ4n) is 1.96. The summed E-state index contributed by atoms with van der Waals surface area (Å²) in [7, 11) is 0. The van der Waals surface area contributed by atoms with Gasteiger partial charge in [-0.25, -0.2) is 0 Å². The molecule has 0 saturated carbocycles. The number of halogens is 1. The molecular weight excluding hydrogens is 246 g/mol. The summed E-state index contributed by atoms with van der Waals surface area (Å²) >= 11 is 3.26. The molecule has 1 heterocycles. The van der Waals surface area contributed by atoms with E-state index in [1.807, 2.05) is 6.92 Å². The highest BCUT2D eigenvalue weighted by atomic mass is 79.9. The molecule has 1 aliphatic heterocycles. The SMILES string of the molecule is CC(O)C1CCN(CC(O)CBr)CC1. The minimum Gasteiger partial charge on any atom is -0.393 e. The Morgan fingerprint density at radius 1 is 1.36 bits per heavy atom. The fraction of sp³-hybridized carbons (Fsp3) is 1.00. The van der Waals surface area contributed by atoms with E-state index in [0.717, 1.165) is 32.5 Å². The molecule has 0 bridgehead atoms. The lowest BCUT2D eigenvalue weighted by atomic mass is 9.92. The molecule has 1 fully saturated rings. The minimum absolute atomic E-state index is 0.182. The van der Waals surface area contributed by atoms with Gasteiger partial charge in [0, 0.05) is 11.9 Å². The number of piperidine rings is 1. The minimum atomic E-state index is -0.266. The van der Waals surface area contributed by atoms with Crippen LogP contribution in [0, 0.1) is 5.92 Å². The molecule has 3 nitrogen and oxygen atoms in total. The van der Waals surface area contributed by atoms with Gasteiger partial charge < -0.3 is 15.1 Å². The first kappa shape index (κ1) is 12.4. The summed E-state index contributed by atoms with van der Waals surface area (Å²) in [6.45, 7) is 4.62. The van der Waals surface area contributed by atoms with Crippen LogP contribution in [-0.2, 0) is 0 Å². The number of aliphatic hydroxyl groups is 2. The smallest absolute Gasteiger partial charge is 0.0763 e. The molecule has 4 heteroatoms. The van der Waals surface area contributed by atoms with Crippen LogP contribution in [0.25, 0.3) is 0 Å². The third-order valence-electron chi connectivity index (χ3n) is 2.96. The summed E-state index contributed by atoms with van der Waals surface area (Å²) in [5, 5.41) is 19.5. The van der Waals surface area contributed by atoms with Crippen molar-refractivity contribution < 1.29 is 10.2 Å². The number of nitrogens with zero attached hydrogens (tertiary/aromatic N) is 1. The van der Waals surface area contributed by atoms with Crippen LogP contribution in [0.1, 0.15) is 19.8 Å². The van der Waals surface area contributed by atoms with Gasteiger partial charge in [0.1, 0.15) is 0 Å². The van der Waals surface area contributed by atoms with E-state index in [9.17, 15) is 10.2 Å². The Bertz CT molecular complexity index is 158. The van der Waals surface area contributed by atoms with Crippen molar-refractivity contribution in [2.75, 3.05) is 25.0 Å². The van der Waals surface area contributed by atoms with Crippen molar-refractivity contribution in [1.82, 2.24) is 4.90 Å². The second-order valence-electron chi connectivity index (χ2n) is 4.19. The average Bonchev–Trinajstić information content (AvgIpc) is 2.18. The van der Waals surface area contributed by atoms with E-state index in [1.165, 1.54) is 0 Å². The Morgan fingerprint density at radius 2 is 1.93 bits per heavy atom. The molecule has 0 aliphatic carbocycles. The van der Waals surface area contributed by atoms with Gasteiger partial charge in [0.2, 0.25) is 0 Å². The van der Waals surface area contributed by atoms with E-state index in [4.69, 9.17) is 0 Å². The maximum atomic E-state index is 9.45. The number of hydrogen-bond acceptors (Lipinski definition) is 3. The molecule has 0 amide bonds. The molecule has 1 rings (SSSR count). The topological polar surface area (TPSA) is 43.7 Å². The van der Waals surface area contributed by atoms with Gasteiger partial charge in [0.05, 0.1) is 12.2 Å². The quantitative estimate of drug-likeness (QED) is 0.741. The molecule has 1 aliphatic rings. The van der Waals surface area contributed by atoms with Crippen molar-refractivity contribution in [3.05, 3.63) is 0 Å². The zero-order valence-electron chi connectivity index (χ0n) is 8.69. The monoisotopic (exact) mass is 265 g/mol. The van der Waals surface area contributed by atoms with Crippen molar-refractivity contribution >= 4 is 15.9 Å². The predicted molar refractivity (Wildman–Crippen MR) is 60.6 cm³/mol. The van der Waals surface area contributed by atoms with Crippen molar-refractivity contribution in [2.24, 2.45) is 5.92 Å². The molecule has 14 heavy (non-hydrogen) atoms. The molecule has 2 N–H and O–H groups in total. The lowest BCUT2D eigenvalue weighted by Crippen LogP contribution is -2.41. The third-order valence-corrected chi connectivity index (χ3v) is 3.71. The van der Waals surface area contributed by atoms with Crippen LogP contribution in [0.3, 0.4) is 0 Å². The predicted octanol–water partition coefficient (Wildman–Crippen LogP) is 0.835. The zero-order valence-corrected chi connectivity index (χ0v) is 10.3. The standard InChI is InChI=1S/C10H20BrNO2/c1-8(13)9-2-4-12(5-3-9)7-10(14)6-11/h8-10,13-14H,2-7H2,1H3. The van der Waals surface area contributed by atoms with Crippen molar-refractivity contribution in [3.63, 3.8) is 0 Å². The number of aliphatic hydroxyl groups excluding tert-OH is 2. The fourth-order valence-corrected chi connectivity index (χ4v) is 2.17. The summed E-state index contributed by atoms with van der Waals surface area (Å²) < 4.78 is 0. The van der Waals surface area contributed by atoms with E-state index in [0.29, 0.717) is 11.2 Å². The van der Waals surface area contributed by atoms with Gasteiger partial charge in [0.25, 0.3) is 0 Å². The van der Waals surface area contributed by atoms with Crippen molar-refractivity contribution in [1.29, 1.82) is 0 Å². The zero-order chi connectivity index (χ0) is 10.6. The maximum absolute atomic E-state index is 9.45. The lowest BCUT2D eigenvalue weighted by Gasteiger charge is -2.34. The number of alkyl halides is 1. The number of hydrogen-bond donors (Lipinski definition) is 2. The first-order chi connectivity index (χ1) is 6.63. The van der Waals surface area contributed by atoms with Crippen LogP contribution in [0.15, 0.2) is 0 Å². The van der Waals surface area contributed by atoms with Gasteiger partial charge in [-0.3, -0.25) is 0 Å². The Hall–Kier alpha value is 0.360. The van der Waals surface area contributed by atoms with Crippen LogP contribution < -0.4 is 0 Å². The van der Waals surface area contributed by atoms with Gasteiger partial charge in [0.15, 0.2) is 0 Å². The summed E-state index contributed by atoms with van der Waals surface area (Å²) in [5.74, 6) is 0.451. The van der Waals surface area contributed by atoms with Gasteiger partial charge in [-0.2, -0.15) is 0 Å². The Labute approximate surface area is 94.2 Å². The summed E-state index contributed by atoms with van der Waals surface area (Å²) in [6, 6.07) is 0. The molecule has 84 valence electrons. The van der Waals surface area contributed by atoms with Crippen LogP contribution in [0.5, 0.6) is 0 Å². The normalized spacial score (nSPS) is 24.9. The van der Waals surface area contributed by atoms with E-state index in [2.05, 4.69) is 20.8 Å². The molecule has 1 saturated heterocycles. The highest BCUT2D eigenvalue weighted by Gasteiger charge is 2.23. The summed E-state index contributed by atoms with van der Waals surface area (Å²) in [4.78, 5) is 2.27. The number of likely N-dealkylation sites (tertiary alicyclic amines) is 1. The molecular formula is C10H20BrNO2. The van der Waals surface area contributed by atoms with E-state index < -0.39 is 0 Å². The van der Waals surface area contributed by atoms with Gasteiger partial charge >= 0.3 is 0 Å². The third kappa shape index (κ3) is 3.85. The Morgan fingerprint density at radius 3 is 2.36 bits per heavy atom. The highest BCUT2D eigenvalue weighted by Crippen LogP contribution is 2.20. The van der Waals surface area contributed by atoms with E-state index >= 15 is 0 Å². The largest absolute Gasteiger partial charge is 0.393 e. The first-order valence-corrected chi connectivity index (χ1v) is 6.40. The maximum Gasteiger partial charge on any atom is 0.0763 e. The molecule has 2 atom stereocenters. The molecule has 0 aromatic heterocycles. The van der Waals surface area contributed by atoms with Crippen LogP contribution in [0.4, 0.5) is 0 Å². The van der Waals surface area contributed by atoms with Crippen LogP contribution >= 0.6 is 15.9 Å². The number of β-amino-alcohol motifs (C(OH)–C–C–N with tert-alkyl or cyclic N) is 1. The summed E-state index contributed by atoms with van der Waals surface area (Å²) in [5.41, 5.74) is 0. The second kappa shape index (κ2) is 6.05. The van der Waals surface area contributed by atoms with E-state index in [-0.39, 0.29) is 12.2 Å². The second-order valence-corrected chi connectivity index (χ2v) is 4.83. The van der Waals surface area contributed by atoms with Crippen LogP contribution in [0.2, 0.25) is 0 Å². The van der Waals surface area contributed by atoms with Gasteiger partial charge in [-0.05, 0) is 38.8 Å². The highest BCUT2D eigenvalue weighted by molar-refractivity contribution is 9.09. The first-order valence-electron chi connectivity index (χ1n) is 5.28. The number of rotatable bonds is 4. The Kier molecular flexibility index (Phi) is 5.38. The van der Waals surface area contributed by atoms with Crippen LogP contribution in [-0.4, -0.2) is 52.3 Å². The molecule has 2 unspecified atom stereocenters. The molecule has 0 spiro atoms. The average molecular weight is 266 g/mol.